The first-order valence-corrected chi connectivity index (χ1v) is 11.9. The van der Waals surface area contributed by atoms with E-state index >= 15 is 0 Å². The van der Waals surface area contributed by atoms with Crippen LogP contribution in [0.5, 0.6) is 0 Å². The number of aliphatic hydroxyl groups excluding tert-OH is 1. The number of rotatable bonds is 8. The van der Waals surface area contributed by atoms with Crippen molar-refractivity contribution in [2.45, 2.75) is 38.5 Å². The van der Waals surface area contributed by atoms with Crippen LogP contribution in [0, 0.1) is 25.3 Å². The normalized spacial score (nSPS) is 13.0. The second kappa shape index (κ2) is 11.1. The Morgan fingerprint density at radius 2 is 1.82 bits per heavy atom. The van der Waals surface area contributed by atoms with Gasteiger partial charge in [-0.1, -0.05) is 55.8 Å². The number of aliphatic hydroxyl groups is 1. The number of pyridine rings is 1. The molecule has 0 saturated heterocycles. The molecule has 0 spiro atoms. The fourth-order valence-corrected chi connectivity index (χ4v) is 4.94. The Bertz CT molecular complexity index is 1240. The highest BCUT2D eigenvalue weighted by molar-refractivity contribution is 7.38. The van der Waals surface area contributed by atoms with E-state index in [4.69, 9.17) is 11.4 Å². The van der Waals surface area contributed by atoms with Crippen molar-refractivity contribution in [1.82, 2.24) is 4.98 Å². The van der Waals surface area contributed by atoms with Gasteiger partial charge in [0.25, 0.3) is 0 Å². The number of hydrogen-bond acceptors (Lipinski definition) is 5. The SMILES string of the molecule is C#COC(=O)CC(O)C(c1c(CC)nc(-c2ccccc2)c(C)c1-c1ccc(F)cc1)[P+](=O)O. The van der Waals surface area contributed by atoms with Gasteiger partial charge in [-0.15, -0.1) is 0 Å². The van der Waals surface area contributed by atoms with Gasteiger partial charge in [0.05, 0.1) is 12.1 Å². The minimum Gasteiger partial charge on any atom is -0.387 e. The number of aryl methyl sites for hydroxylation is 1. The summed E-state index contributed by atoms with van der Waals surface area (Å²) in [7, 11) is -3.00. The third-order valence-electron chi connectivity index (χ3n) is 5.52. The lowest BCUT2D eigenvalue weighted by Gasteiger charge is -2.23. The van der Waals surface area contributed by atoms with Gasteiger partial charge in [0.15, 0.2) is 0 Å². The van der Waals surface area contributed by atoms with Crippen LogP contribution in [0.15, 0.2) is 54.6 Å². The summed E-state index contributed by atoms with van der Waals surface area (Å²) in [6.45, 7) is 3.66. The maximum absolute atomic E-state index is 13.7. The molecule has 0 fully saturated rings. The van der Waals surface area contributed by atoms with Gasteiger partial charge in [0, 0.05) is 16.8 Å². The largest absolute Gasteiger partial charge is 0.516 e. The van der Waals surface area contributed by atoms with Crippen molar-refractivity contribution in [2.24, 2.45) is 0 Å². The highest BCUT2D eigenvalue weighted by Gasteiger charge is 2.44. The molecule has 0 amide bonds. The molecule has 3 rings (SSSR count). The molecule has 6 nitrogen and oxygen atoms in total. The molecule has 3 unspecified atom stereocenters. The molecule has 34 heavy (non-hydrogen) atoms. The summed E-state index contributed by atoms with van der Waals surface area (Å²) in [6.07, 6.45) is 4.95. The zero-order valence-electron chi connectivity index (χ0n) is 18.7. The number of hydrogen-bond donors (Lipinski definition) is 2. The average molecular weight is 480 g/mol. The van der Waals surface area contributed by atoms with E-state index in [2.05, 4.69) is 4.74 Å². The Labute approximate surface area is 198 Å². The van der Waals surface area contributed by atoms with Crippen LogP contribution in [0.3, 0.4) is 0 Å². The molecule has 2 aromatic carbocycles. The van der Waals surface area contributed by atoms with E-state index in [1.165, 1.54) is 12.1 Å². The molecule has 0 aliphatic rings. The van der Waals surface area contributed by atoms with Crippen LogP contribution in [0.1, 0.15) is 35.8 Å². The van der Waals surface area contributed by atoms with Crippen LogP contribution < -0.4 is 0 Å². The topological polar surface area (TPSA) is 96.7 Å². The van der Waals surface area contributed by atoms with Crippen LogP contribution in [0.4, 0.5) is 4.39 Å². The number of terminal acetylenes is 1. The van der Waals surface area contributed by atoms with Gasteiger partial charge in [-0.2, -0.15) is 4.89 Å². The summed E-state index contributed by atoms with van der Waals surface area (Å²) in [5.74, 6) is -1.33. The molecule has 0 radical (unpaired) electrons. The lowest BCUT2D eigenvalue weighted by molar-refractivity contribution is -0.139. The van der Waals surface area contributed by atoms with E-state index in [1.54, 1.807) is 18.2 Å². The predicted octanol–water partition coefficient (Wildman–Crippen LogP) is 5.09. The van der Waals surface area contributed by atoms with E-state index in [1.807, 2.05) is 44.2 Å². The van der Waals surface area contributed by atoms with Crippen LogP contribution in [-0.4, -0.2) is 27.1 Å². The van der Waals surface area contributed by atoms with Crippen LogP contribution in [0.25, 0.3) is 22.4 Å². The summed E-state index contributed by atoms with van der Waals surface area (Å²) in [4.78, 5) is 27.0. The summed E-state index contributed by atoms with van der Waals surface area (Å²) >= 11 is 0. The van der Waals surface area contributed by atoms with Crippen molar-refractivity contribution in [3.8, 4) is 34.9 Å². The number of benzene rings is 2. The molecular formula is C26H24FNO5P+. The molecule has 0 bridgehead atoms. The Morgan fingerprint density at radius 3 is 2.38 bits per heavy atom. The lowest BCUT2D eigenvalue weighted by atomic mass is 9.87. The number of ether oxygens (including phenoxy) is 1. The van der Waals surface area contributed by atoms with Crippen molar-refractivity contribution < 1.29 is 28.5 Å². The van der Waals surface area contributed by atoms with Gasteiger partial charge >= 0.3 is 14.0 Å². The molecule has 8 heteroatoms. The Kier molecular flexibility index (Phi) is 8.25. The van der Waals surface area contributed by atoms with Gasteiger partial charge in [-0.05, 0) is 46.7 Å². The minimum absolute atomic E-state index is 0.330. The molecule has 0 saturated carbocycles. The summed E-state index contributed by atoms with van der Waals surface area (Å²) < 4.78 is 30.7. The first kappa shape index (κ1) is 25.2. The smallest absolute Gasteiger partial charge is 0.387 e. The van der Waals surface area contributed by atoms with Gasteiger partial charge in [-0.3, -0.25) is 9.78 Å². The molecule has 174 valence electrons. The third-order valence-corrected chi connectivity index (χ3v) is 6.60. The van der Waals surface area contributed by atoms with Crippen molar-refractivity contribution in [3.63, 3.8) is 0 Å². The minimum atomic E-state index is -3.00. The molecule has 1 aromatic heterocycles. The first-order chi connectivity index (χ1) is 16.3. The Hall–Kier alpha value is -3.43. The Balaban J connectivity index is 2.33. The van der Waals surface area contributed by atoms with E-state index in [0.717, 1.165) is 5.56 Å². The van der Waals surface area contributed by atoms with Crippen LogP contribution in [-0.2, 0) is 20.5 Å². The highest BCUT2D eigenvalue weighted by atomic mass is 31.1. The lowest BCUT2D eigenvalue weighted by Crippen LogP contribution is -2.23. The predicted molar refractivity (Wildman–Crippen MR) is 127 cm³/mol. The number of esters is 1. The second-order valence-electron chi connectivity index (χ2n) is 7.66. The number of halogens is 1. The fourth-order valence-electron chi connectivity index (χ4n) is 4.04. The number of aromatic nitrogens is 1. The monoisotopic (exact) mass is 480 g/mol. The van der Waals surface area contributed by atoms with Crippen molar-refractivity contribution >= 4 is 14.0 Å². The summed E-state index contributed by atoms with van der Waals surface area (Å²) in [6, 6.07) is 15.2. The number of carbonyl (C=O) groups excluding carboxylic acids is 1. The summed E-state index contributed by atoms with van der Waals surface area (Å²) in [5, 5.41) is 10.8. The van der Waals surface area contributed by atoms with E-state index in [9.17, 15) is 23.7 Å². The van der Waals surface area contributed by atoms with Crippen molar-refractivity contribution in [1.29, 1.82) is 0 Å². The summed E-state index contributed by atoms with van der Waals surface area (Å²) in [5.41, 5.74) is 2.78. The van der Waals surface area contributed by atoms with Crippen molar-refractivity contribution in [2.75, 3.05) is 0 Å². The average Bonchev–Trinajstić information content (AvgIpc) is 2.81. The maximum Gasteiger partial charge on any atom is 0.516 e. The molecular weight excluding hydrogens is 456 g/mol. The molecule has 3 atom stereocenters. The standard InChI is InChI=1S/C26H23FNO5P/c1-4-20-24(26(34(31)32)21(29)15-22(30)33-5-2)23(17-11-13-19(27)14-12-17)16(3)25(28-20)18-9-7-6-8-10-18/h2,6-14,21,26,29H,4,15H2,1,3H3/p+1. The second-order valence-corrected chi connectivity index (χ2v) is 8.82. The zero-order chi connectivity index (χ0) is 24.8. The quantitative estimate of drug-likeness (QED) is 0.265. The third kappa shape index (κ3) is 5.37. The van der Waals surface area contributed by atoms with Gasteiger partial charge < -0.3 is 9.84 Å². The molecule has 3 aromatic rings. The Morgan fingerprint density at radius 1 is 1.18 bits per heavy atom. The van der Waals surface area contributed by atoms with Crippen LogP contribution >= 0.6 is 8.03 Å². The van der Waals surface area contributed by atoms with Gasteiger partial charge in [0.1, 0.15) is 18.0 Å². The molecule has 0 aliphatic carbocycles. The fraction of sp³-hybridized carbons (Fsp3) is 0.231. The first-order valence-electron chi connectivity index (χ1n) is 10.6. The maximum atomic E-state index is 13.7. The van der Waals surface area contributed by atoms with Gasteiger partial charge in [0.2, 0.25) is 5.66 Å². The van der Waals surface area contributed by atoms with Gasteiger partial charge in [-0.25, -0.2) is 4.39 Å². The zero-order valence-corrected chi connectivity index (χ0v) is 19.6. The van der Waals surface area contributed by atoms with E-state index in [-0.39, 0.29) is 0 Å². The van der Waals surface area contributed by atoms with E-state index in [0.29, 0.717) is 40.1 Å². The number of carbonyl (C=O) groups is 1. The van der Waals surface area contributed by atoms with Crippen molar-refractivity contribution in [3.05, 3.63) is 77.2 Å². The molecule has 2 N–H and O–H groups in total. The number of nitrogens with zero attached hydrogens (tertiary/aromatic N) is 1. The van der Waals surface area contributed by atoms with Crippen LogP contribution in [0.2, 0.25) is 0 Å². The molecule has 0 aliphatic heterocycles. The highest BCUT2D eigenvalue weighted by Crippen LogP contribution is 2.48. The molecule has 1 heterocycles. The van der Waals surface area contributed by atoms with E-state index < -0.39 is 38.0 Å².